The fourth-order valence-electron chi connectivity index (χ4n) is 2.71. The molecule has 0 saturated heterocycles. The van der Waals surface area contributed by atoms with Gasteiger partial charge in [-0.05, 0) is 65.6 Å². The largest absolute Gasteiger partial charge is 0.316 e. The van der Waals surface area contributed by atoms with Crippen molar-refractivity contribution in [2.24, 2.45) is 7.05 Å². The predicted octanol–water partition coefficient (Wildman–Crippen LogP) is 2.93. The molecule has 1 N–H and O–H groups in total. The molecule has 0 spiro atoms. The fourth-order valence-corrected chi connectivity index (χ4v) is 4.57. The maximum Gasteiger partial charge on any atom is 0.253 e. The molecule has 1 aromatic carbocycles. The van der Waals surface area contributed by atoms with E-state index >= 15 is 0 Å². The molecule has 1 aliphatic rings. The lowest BCUT2D eigenvalue weighted by molar-refractivity contribution is 0.600. The van der Waals surface area contributed by atoms with Gasteiger partial charge in [0, 0.05) is 28.8 Å². The van der Waals surface area contributed by atoms with Gasteiger partial charge in [-0.1, -0.05) is 6.07 Å². The number of aromatic nitrogens is 1. The van der Waals surface area contributed by atoms with E-state index in [9.17, 15) is 17.6 Å². The van der Waals surface area contributed by atoms with E-state index in [0.29, 0.717) is 35.2 Å². The van der Waals surface area contributed by atoms with Crippen molar-refractivity contribution in [3.8, 4) is 0 Å². The van der Waals surface area contributed by atoms with Crippen molar-refractivity contribution in [2.75, 3.05) is 4.72 Å². The summed E-state index contributed by atoms with van der Waals surface area (Å²) in [4.78, 5) is 12.3. The average molecular weight is 476 g/mol. The zero-order valence-corrected chi connectivity index (χ0v) is 16.8. The van der Waals surface area contributed by atoms with Crippen LogP contribution in [0.25, 0.3) is 0 Å². The Kier molecular flexibility index (Phi) is 4.93. The molecular formula is C17H18FIN2O3S. The second-order valence-electron chi connectivity index (χ2n) is 6.32. The van der Waals surface area contributed by atoms with Gasteiger partial charge in [0.1, 0.15) is 5.82 Å². The highest BCUT2D eigenvalue weighted by Crippen LogP contribution is 2.31. The van der Waals surface area contributed by atoms with Gasteiger partial charge in [0.05, 0.1) is 10.9 Å². The lowest BCUT2D eigenvalue weighted by atomic mass is 10.00. The summed E-state index contributed by atoms with van der Waals surface area (Å²) in [6.07, 6.45) is 2.89. The van der Waals surface area contributed by atoms with E-state index in [1.165, 1.54) is 16.8 Å². The van der Waals surface area contributed by atoms with Crippen molar-refractivity contribution in [3.05, 3.63) is 60.8 Å². The summed E-state index contributed by atoms with van der Waals surface area (Å²) in [6.45, 7) is 1.64. The zero-order chi connectivity index (χ0) is 18.4. The highest BCUT2D eigenvalue weighted by molar-refractivity contribution is 14.1. The second kappa shape index (κ2) is 6.71. The van der Waals surface area contributed by atoms with Crippen molar-refractivity contribution >= 4 is 38.3 Å². The lowest BCUT2D eigenvalue weighted by Crippen LogP contribution is -2.25. The first-order chi connectivity index (χ1) is 11.7. The van der Waals surface area contributed by atoms with Gasteiger partial charge in [-0.2, -0.15) is 0 Å². The van der Waals surface area contributed by atoms with Crippen LogP contribution in [0, 0.1) is 16.3 Å². The Labute approximate surface area is 159 Å². The first-order valence-electron chi connectivity index (χ1n) is 7.83. The van der Waals surface area contributed by atoms with Crippen LogP contribution in [0.4, 0.5) is 10.1 Å². The third kappa shape index (κ3) is 3.89. The molecule has 0 unspecified atom stereocenters. The van der Waals surface area contributed by atoms with Gasteiger partial charge in [0.15, 0.2) is 0 Å². The van der Waals surface area contributed by atoms with Crippen LogP contribution < -0.4 is 10.3 Å². The molecule has 1 aromatic heterocycles. The molecule has 0 atom stereocenters. The summed E-state index contributed by atoms with van der Waals surface area (Å²) in [5, 5.41) is -0.382. The van der Waals surface area contributed by atoms with Crippen LogP contribution in [0.3, 0.4) is 0 Å². The number of benzene rings is 1. The molecule has 1 saturated carbocycles. The van der Waals surface area contributed by atoms with Crippen molar-refractivity contribution in [3.63, 3.8) is 0 Å². The Bertz CT molecular complexity index is 998. The summed E-state index contributed by atoms with van der Waals surface area (Å²) in [5.74, 6) is -0.372. The van der Waals surface area contributed by atoms with E-state index < -0.39 is 10.0 Å². The van der Waals surface area contributed by atoms with E-state index in [-0.39, 0.29) is 23.0 Å². The highest BCUT2D eigenvalue weighted by Gasteiger charge is 2.36. The number of nitrogens with one attached hydrogen (secondary N) is 1. The predicted molar refractivity (Wildman–Crippen MR) is 104 cm³/mol. The highest BCUT2D eigenvalue weighted by atomic mass is 127. The van der Waals surface area contributed by atoms with Crippen LogP contribution >= 0.6 is 22.6 Å². The molecule has 0 radical (unpaired) electrons. The van der Waals surface area contributed by atoms with Gasteiger partial charge in [-0.25, -0.2) is 12.8 Å². The van der Waals surface area contributed by atoms with Gasteiger partial charge in [-0.15, -0.1) is 0 Å². The van der Waals surface area contributed by atoms with Crippen molar-refractivity contribution in [1.29, 1.82) is 0 Å². The number of sulfonamides is 1. The number of anilines is 1. The van der Waals surface area contributed by atoms with E-state index in [4.69, 9.17) is 0 Å². The Morgan fingerprint density at radius 2 is 2.04 bits per heavy atom. The summed E-state index contributed by atoms with van der Waals surface area (Å²) in [6, 6.07) is 4.86. The molecule has 0 aliphatic heterocycles. The van der Waals surface area contributed by atoms with Gasteiger partial charge in [0.2, 0.25) is 10.0 Å². The number of hydrogen-bond donors (Lipinski definition) is 1. The molecule has 134 valence electrons. The first-order valence-corrected chi connectivity index (χ1v) is 10.5. The lowest BCUT2D eigenvalue weighted by Gasteiger charge is -2.16. The van der Waals surface area contributed by atoms with Crippen LogP contribution in [0.5, 0.6) is 0 Å². The standard InChI is InChI=1S/C17H18FIN2O3S/c1-10-14(7-11-3-4-12(19)8-15(11)18)16(9-21(2)17(10)22)20-25(23,24)13-5-6-13/h3-4,8-9,13,20H,5-7H2,1-2H3. The fraction of sp³-hybridized carbons (Fsp3) is 0.353. The summed E-state index contributed by atoms with van der Waals surface area (Å²) >= 11 is 2.02. The zero-order valence-electron chi connectivity index (χ0n) is 13.8. The molecule has 1 aliphatic carbocycles. The van der Waals surface area contributed by atoms with Crippen molar-refractivity contribution in [1.82, 2.24) is 4.57 Å². The molecule has 1 heterocycles. The van der Waals surface area contributed by atoms with Crippen molar-refractivity contribution in [2.45, 2.75) is 31.4 Å². The Balaban J connectivity index is 2.07. The van der Waals surface area contributed by atoms with Crippen LogP contribution in [-0.4, -0.2) is 18.2 Å². The Morgan fingerprint density at radius 1 is 1.36 bits per heavy atom. The first kappa shape index (κ1) is 18.4. The molecule has 8 heteroatoms. The third-order valence-corrected chi connectivity index (χ3v) is 6.86. The van der Waals surface area contributed by atoms with E-state index in [2.05, 4.69) is 4.72 Å². The summed E-state index contributed by atoms with van der Waals surface area (Å²) in [5.41, 5.74) is 1.45. The number of halogens is 2. The van der Waals surface area contributed by atoms with Gasteiger partial charge in [0.25, 0.3) is 5.56 Å². The van der Waals surface area contributed by atoms with Crippen LogP contribution in [-0.2, 0) is 23.5 Å². The minimum atomic E-state index is -3.48. The molecule has 5 nitrogen and oxygen atoms in total. The average Bonchev–Trinajstić information content (AvgIpc) is 3.36. The maximum atomic E-state index is 14.2. The molecule has 1 fully saturated rings. The Hall–Kier alpha value is -1.42. The normalized spacial score (nSPS) is 14.6. The summed E-state index contributed by atoms with van der Waals surface area (Å²) < 4.78 is 43.6. The molecule has 3 rings (SSSR count). The van der Waals surface area contributed by atoms with Crippen LogP contribution in [0.1, 0.15) is 29.5 Å². The minimum absolute atomic E-state index is 0.146. The Morgan fingerprint density at radius 3 is 2.64 bits per heavy atom. The summed E-state index contributed by atoms with van der Waals surface area (Å²) in [7, 11) is -1.91. The molecule has 0 bridgehead atoms. The van der Waals surface area contributed by atoms with Crippen LogP contribution in [0.15, 0.2) is 29.2 Å². The van der Waals surface area contributed by atoms with Gasteiger partial charge < -0.3 is 4.57 Å². The number of aryl methyl sites for hydroxylation is 1. The molecule has 0 amide bonds. The maximum absolute atomic E-state index is 14.2. The number of hydrogen-bond acceptors (Lipinski definition) is 3. The van der Waals surface area contributed by atoms with E-state index in [0.717, 1.165) is 3.57 Å². The van der Waals surface area contributed by atoms with Gasteiger partial charge >= 0.3 is 0 Å². The number of rotatable bonds is 5. The smallest absolute Gasteiger partial charge is 0.253 e. The molecular weight excluding hydrogens is 458 g/mol. The SMILES string of the molecule is Cc1c(Cc2ccc(I)cc2F)c(NS(=O)(=O)C2CC2)cn(C)c1=O. The number of nitrogens with zero attached hydrogens (tertiary/aromatic N) is 1. The third-order valence-electron chi connectivity index (χ3n) is 4.34. The minimum Gasteiger partial charge on any atom is -0.316 e. The van der Waals surface area contributed by atoms with Crippen molar-refractivity contribution < 1.29 is 12.8 Å². The second-order valence-corrected chi connectivity index (χ2v) is 9.53. The molecule has 2 aromatic rings. The van der Waals surface area contributed by atoms with Gasteiger partial charge in [-0.3, -0.25) is 9.52 Å². The van der Waals surface area contributed by atoms with E-state index in [1.807, 2.05) is 22.6 Å². The number of pyridine rings is 1. The topological polar surface area (TPSA) is 68.2 Å². The quantitative estimate of drug-likeness (QED) is 0.676. The molecule has 25 heavy (non-hydrogen) atoms. The van der Waals surface area contributed by atoms with E-state index in [1.54, 1.807) is 26.1 Å². The monoisotopic (exact) mass is 476 g/mol. The van der Waals surface area contributed by atoms with Crippen LogP contribution in [0.2, 0.25) is 0 Å².